The molecule has 1 rings (SSSR count). The van der Waals surface area contributed by atoms with Gasteiger partial charge in [-0.1, -0.05) is 30.0 Å². The van der Waals surface area contributed by atoms with Crippen molar-refractivity contribution in [2.24, 2.45) is 0 Å². The minimum absolute atomic E-state index is 0.0858. The first-order valence-electron chi connectivity index (χ1n) is 7.02. The van der Waals surface area contributed by atoms with Crippen LogP contribution in [0.25, 0.3) is 0 Å². The van der Waals surface area contributed by atoms with Crippen molar-refractivity contribution in [1.29, 1.82) is 5.26 Å². The van der Waals surface area contributed by atoms with E-state index in [9.17, 15) is 0 Å². The molecule has 3 heteroatoms. The normalized spacial score (nSPS) is 11.1. The van der Waals surface area contributed by atoms with Gasteiger partial charge in [0.1, 0.15) is 0 Å². The standard InChI is InChI=1S/C17H22N2O/c1-3-19(17-11-5-4-6-12-17)14-8-7-10-16(2)20-15-9-13-18/h4-6,11-12,16H,3,9-10,14-15H2,1-2H3/t16-/m0/s1. The molecule has 106 valence electrons. The van der Waals surface area contributed by atoms with Gasteiger partial charge in [-0.25, -0.2) is 0 Å². The summed E-state index contributed by atoms with van der Waals surface area (Å²) >= 11 is 0. The maximum absolute atomic E-state index is 8.43. The zero-order chi connectivity index (χ0) is 14.6. The largest absolute Gasteiger partial charge is 0.376 e. The van der Waals surface area contributed by atoms with Crippen molar-refractivity contribution in [2.45, 2.75) is 32.8 Å². The molecule has 0 bridgehead atoms. The highest BCUT2D eigenvalue weighted by molar-refractivity contribution is 5.47. The summed E-state index contributed by atoms with van der Waals surface area (Å²) in [6.45, 7) is 6.27. The van der Waals surface area contributed by atoms with Crippen LogP contribution in [0.2, 0.25) is 0 Å². The number of nitriles is 1. The van der Waals surface area contributed by atoms with Crippen LogP contribution in [0.15, 0.2) is 30.3 Å². The highest BCUT2D eigenvalue weighted by Crippen LogP contribution is 2.11. The van der Waals surface area contributed by atoms with Gasteiger partial charge in [-0.05, 0) is 26.0 Å². The molecule has 3 nitrogen and oxygen atoms in total. The van der Waals surface area contributed by atoms with Gasteiger partial charge in [0.25, 0.3) is 0 Å². The van der Waals surface area contributed by atoms with E-state index in [1.54, 1.807) is 0 Å². The van der Waals surface area contributed by atoms with Gasteiger partial charge in [0.05, 0.1) is 31.7 Å². The van der Waals surface area contributed by atoms with E-state index < -0.39 is 0 Å². The van der Waals surface area contributed by atoms with Crippen molar-refractivity contribution >= 4 is 5.69 Å². The van der Waals surface area contributed by atoms with E-state index in [1.165, 1.54) is 5.69 Å². The zero-order valence-corrected chi connectivity index (χ0v) is 12.3. The molecule has 1 aromatic rings. The zero-order valence-electron chi connectivity index (χ0n) is 12.3. The Kier molecular flexibility index (Phi) is 7.96. The van der Waals surface area contributed by atoms with Gasteiger partial charge in [0.15, 0.2) is 0 Å². The fourth-order valence-electron chi connectivity index (χ4n) is 1.76. The Morgan fingerprint density at radius 3 is 2.65 bits per heavy atom. The molecule has 0 fully saturated rings. The van der Waals surface area contributed by atoms with E-state index in [1.807, 2.05) is 25.1 Å². The Morgan fingerprint density at radius 1 is 1.25 bits per heavy atom. The molecule has 0 saturated heterocycles. The Morgan fingerprint density at radius 2 is 2.00 bits per heavy atom. The van der Waals surface area contributed by atoms with Crippen molar-refractivity contribution in [2.75, 3.05) is 24.6 Å². The van der Waals surface area contributed by atoms with Crippen LogP contribution in [-0.2, 0) is 4.74 Å². The van der Waals surface area contributed by atoms with Gasteiger partial charge in [0.2, 0.25) is 0 Å². The summed E-state index contributed by atoms with van der Waals surface area (Å²) in [5, 5.41) is 8.43. The monoisotopic (exact) mass is 270 g/mol. The van der Waals surface area contributed by atoms with Crippen molar-refractivity contribution in [3.8, 4) is 17.9 Å². The molecular formula is C17H22N2O. The van der Waals surface area contributed by atoms with Crippen molar-refractivity contribution in [1.82, 2.24) is 0 Å². The summed E-state index contributed by atoms with van der Waals surface area (Å²) in [4.78, 5) is 2.23. The molecule has 0 saturated carbocycles. The molecule has 0 unspecified atom stereocenters. The van der Waals surface area contributed by atoms with Crippen LogP contribution < -0.4 is 4.90 Å². The number of para-hydroxylation sites is 1. The van der Waals surface area contributed by atoms with Crippen LogP contribution >= 0.6 is 0 Å². The molecular weight excluding hydrogens is 248 g/mol. The fraction of sp³-hybridized carbons (Fsp3) is 0.471. The predicted octanol–water partition coefficient (Wildman–Crippen LogP) is 3.23. The molecule has 0 aliphatic heterocycles. The minimum Gasteiger partial charge on any atom is -0.376 e. The summed E-state index contributed by atoms with van der Waals surface area (Å²) in [5.74, 6) is 6.33. The van der Waals surface area contributed by atoms with Gasteiger partial charge < -0.3 is 9.64 Å². The van der Waals surface area contributed by atoms with E-state index >= 15 is 0 Å². The predicted molar refractivity (Wildman–Crippen MR) is 82.4 cm³/mol. The number of rotatable bonds is 7. The topological polar surface area (TPSA) is 36.3 Å². The number of nitrogens with zero attached hydrogens (tertiary/aromatic N) is 2. The second-order valence-corrected chi connectivity index (χ2v) is 4.50. The summed E-state index contributed by atoms with van der Waals surface area (Å²) in [5.41, 5.74) is 1.20. The van der Waals surface area contributed by atoms with Crippen LogP contribution in [0.5, 0.6) is 0 Å². The average Bonchev–Trinajstić information content (AvgIpc) is 2.48. The van der Waals surface area contributed by atoms with E-state index in [2.05, 4.69) is 41.9 Å². The van der Waals surface area contributed by atoms with Gasteiger partial charge in [0, 0.05) is 18.7 Å². The highest BCUT2D eigenvalue weighted by atomic mass is 16.5. The molecule has 0 amide bonds. The molecule has 0 aliphatic carbocycles. The highest BCUT2D eigenvalue weighted by Gasteiger charge is 2.01. The first kappa shape index (κ1) is 16.1. The lowest BCUT2D eigenvalue weighted by atomic mass is 10.2. The van der Waals surface area contributed by atoms with Crippen LogP contribution in [-0.4, -0.2) is 25.8 Å². The van der Waals surface area contributed by atoms with Gasteiger partial charge in [-0.3, -0.25) is 0 Å². The van der Waals surface area contributed by atoms with Crippen molar-refractivity contribution < 1.29 is 4.74 Å². The Hall–Kier alpha value is -1.97. The summed E-state index contributed by atoms with van der Waals surface area (Å²) in [7, 11) is 0. The lowest BCUT2D eigenvalue weighted by Crippen LogP contribution is -2.22. The Labute approximate surface area is 122 Å². The maximum Gasteiger partial charge on any atom is 0.0794 e. The van der Waals surface area contributed by atoms with Crippen molar-refractivity contribution in [3.63, 3.8) is 0 Å². The molecule has 0 N–H and O–H groups in total. The first-order valence-corrected chi connectivity index (χ1v) is 7.02. The number of anilines is 1. The van der Waals surface area contributed by atoms with Crippen LogP contribution in [0.1, 0.15) is 26.7 Å². The Bertz CT molecular complexity index is 467. The average molecular weight is 270 g/mol. The fourth-order valence-corrected chi connectivity index (χ4v) is 1.76. The van der Waals surface area contributed by atoms with Crippen LogP contribution in [0, 0.1) is 23.2 Å². The number of benzene rings is 1. The third kappa shape index (κ3) is 6.27. The van der Waals surface area contributed by atoms with E-state index in [0.717, 1.165) is 13.1 Å². The van der Waals surface area contributed by atoms with Crippen LogP contribution in [0.4, 0.5) is 5.69 Å². The molecule has 1 aromatic carbocycles. The quantitative estimate of drug-likeness (QED) is 0.564. The summed E-state index contributed by atoms with van der Waals surface area (Å²) in [6, 6.07) is 12.3. The van der Waals surface area contributed by atoms with E-state index in [-0.39, 0.29) is 6.10 Å². The molecule has 20 heavy (non-hydrogen) atoms. The van der Waals surface area contributed by atoms with Gasteiger partial charge in [-0.15, -0.1) is 0 Å². The first-order chi connectivity index (χ1) is 9.77. The van der Waals surface area contributed by atoms with Crippen LogP contribution in [0.3, 0.4) is 0 Å². The Balaban J connectivity index is 2.35. The molecule has 0 heterocycles. The lowest BCUT2D eigenvalue weighted by Gasteiger charge is -2.19. The van der Waals surface area contributed by atoms with Gasteiger partial charge >= 0.3 is 0 Å². The summed E-state index contributed by atoms with van der Waals surface area (Å²) in [6.07, 6.45) is 1.23. The smallest absolute Gasteiger partial charge is 0.0794 e. The van der Waals surface area contributed by atoms with Crippen molar-refractivity contribution in [3.05, 3.63) is 30.3 Å². The second-order valence-electron chi connectivity index (χ2n) is 4.50. The third-order valence-electron chi connectivity index (χ3n) is 2.90. The van der Waals surface area contributed by atoms with E-state index in [4.69, 9.17) is 10.00 Å². The SMILES string of the molecule is CCN(CC#CC[C@H](C)OCCC#N)c1ccccc1. The minimum atomic E-state index is 0.0858. The molecule has 0 aromatic heterocycles. The summed E-state index contributed by atoms with van der Waals surface area (Å²) < 4.78 is 5.46. The molecule has 1 atom stereocenters. The lowest BCUT2D eigenvalue weighted by molar-refractivity contribution is 0.0739. The number of hydrogen-bond acceptors (Lipinski definition) is 3. The third-order valence-corrected chi connectivity index (χ3v) is 2.90. The maximum atomic E-state index is 8.43. The second kappa shape index (κ2) is 9.89. The molecule has 0 spiro atoms. The van der Waals surface area contributed by atoms with Gasteiger partial charge in [-0.2, -0.15) is 5.26 Å². The number of hydrogen-bond donors (Lipinski definition) is 0. The number of ether oxygens (including phenoxy) is 1. The molecule has 0 radical (unpaired) electrons. The van der Waals surface area contributed by atoms with E-state index in [0.29, 0.717) is 19.4 Å². The molecule has 0 aliphatic rings.